The monoisotopic (exact) mass is 433 g/mol. The minimum atomic E-state index is 0. The van der Waals surface area contributed by atoms with E-state index in [0.29, 0.717) is 36.5 Å². The Morgan fingerprint density at radius 1 is 0.963 bits per heavy atom. The summed E-state index contributed by atoms with van der Waals surface area (Å²) in [5.41, 5.74) is 5.48. The van der Waals surface area contributed by atoms with E-state index in [1.165, 1.54) is 0 Å². The molecule has 3 aromatic heterocycles. The number of rotatable bonds is 6. The van der Waals surface area contributed by atoms with Gasteiger partial charge < -0.3 is 14.8 Å². The van der Waals surface area contributed by atoms with Crippen LogP contribution in [0.2, 0.25) is 0 Å². The number of halogens is 2. The summed E-state index contributed by atoms with van der Waals surface area (Å²) in [6.07, 6.45) is 0. The van der Waals surface area contributed by atoms with E-state index in [-0.39, 0.29) is 31.4 Å². The first kappa shape index (κ1) is 21.7. The molecule has 0 spiro atoms. The summed E-state index contributed by atoms with van der Waals surface area (Å²) in [5, 5.41) is 10.0. The van der Waals surface area contributed by atoms with Gasteiger partial charge in [0, 0.05) is 26.2 Å². The maximum atomic E-state index is 5.48. The van der Waals surface area contributed by atoms with Crippen LogP contribution in [-0.4, -0.2) is 56.3 Å². The Morgan fingerprint density at radius 2 is 1.67 bits per heavy atom. The molecule has 9 nitrogen and oxygen atoms in total. The lowest BCUT2D eigenvalue weighted by molar-refractivity contribution is 0.109. The van der Waals surface area contributed by atoms with Crippen LogP contribution in [-0.2, 0) is 19.6 Å². The zero-order valence-corrected chi connectivity index (χ0v) is 16.9. The number of piperazine rings is 1. The summed E-state index contributed by atoms with van der Waals surface area (Å²) >= 11 is 1.61. The van der Waals surface area contributed by atoms with E-state index in [0.717, 1.165) is 31.1 Å². The quantitative estimate of drug-likeness (QED) is 0.621. The predicted octanol–water partition coefficient (Wildman–Crippen LogP) is 1.80. The van der Waals surface area contributed by atoms with E-state index in [2.05, 4.69) is 30.1 Å². The van der Waals surface area contributed by atoms with Crippen molar-refractivity contribution in [3.8, 4) is 10.7 Å². The van der Waals surface area contributed by atoms with Crippen molar-refractivity contribution in [1.29, 1.82) is 0 Å². The molecule has 0 saturated carbocycles. The molecule has 0 amide bonds. The minimum Gasteiger partial charge on any atom is -0.338 e. The first-order valence-electron chi connectivity index (χ1n) is 8.13. The molecular weight excluding hydrogens is 413 g/mol. The molecule has 3 aromatic rings. The topological polar surface area (TPSA) is 110 Å². The van der Waals surface area contributed by atoms with Gasteiger partial charge in [0.05, 0.1) is 24.5 Å². The number of nitrogens with zero attached hydrogens (tertiary/aromatic N) is 6. The van der Waals surface area contributed by atoms with Crippen LogP contribution in [0, 0.1) is 0 Å². The fraction of sp³-hybridized carbons (Fsp3) is 0.467. The fourth-order valence-corrected chi connectivity index (χ4v) is 3.41. The Morgan fingerprint density at radius 3 is 2.30 bits per heavy atom. The standard InChI is InChI=1S/C15H19N7O2S.2ClH/c16-8-13-17-12(19-23-13)9-21-3-5-22(6-4-21)10-14-18-15(20-24-14)11-2-1-7-25-11;;/h1-2,7H,3-6,8-10,16H2;2*1H. The van der Waals surface area contributed by atoms with Crippen LogP contribution in [0.4, 0.5) is 0 Å². The van der Waals surface area contributed by atoms with Gasteiger partial charge in [-0.1, -0.05) is 16.4 Å². The number of hydrogen-bond acceptors (Lipinski definition) is 10. The van der Waals surface area contributed by atoms with Crippen LogP contribution in [0.1, 0.15) is 17.6 Å². The molecule has 0 unspecified atom stereocenters. The van der Waals surface area contributed by atoms with Crippen molar-refractivity contribution in [3.05, 3.63) is 35.1 Å². The summed E-state index contributed by atoms with van der Waals surface area (Å²) < 4.78 is 10.4. The molecule has 12 heteroatoms. The highest BCUT2D eigenvalue weighted by Gasteiger charge is 2.21. The van der Waals surface area contributed by atoms with Gasteiger partial charge in [-0.25, -0.2) is 0 Å². The Bertz CT molecular complexity index is 803. The van der Waals surface area contributed by atoms with Gasteiger partial charge in [-0.2, -0.15) is 9.97 Å². The summed E-state index contributed by atoms with van der Waals surface area (Å²) in [6, 6.07) is 3.97. The SMILES string of the molecule is Cl.Cl.NCc1nc(CN2CCN(Cc3nc(-c4cccs4)no3)CC2)no1. The van der Waals surface area contributed by atoms with Crippen molar-refractivity contribution in [3.63, 3.8) is 0 Å². The van der Waals surface area contributed by atoms with Crippen molar-refractivity contribution < 1.29 is 9.05 Å². The van der Waals surface area contributed by atoms with Gasteiger partial charge >= 0.3 is 0 Å². The number of nitrogens with two attached hydrogens (primary N) is 1. The Hall–Kier alpha value is -1.56. The summed E-state index contributed by atoms with van der Waals surface area (Å²) in [7, 11) is 0. The average molecular weight is 434 g/mol. The number of hydrogen-bond donors (Lipinski definition) is 1. The van der Waals surface area contributed by atoms with Crippen molar-refractivity contribution in [2.24, 2.45) is 5.73 Å². The largest absolute Gasteiger partial charge is 0.338 e. The lowest BCUT2D eigenvalue weighted by Crippen LogP contribution is -2.45. The highest BCUT2D eigenvalue weighted by molar-refractivity contribution is 7.13. The zero-order valence-electron chi connectivity index (χ0n) is 14.5. The Balaban J connectivity index is 0.00000131. The average Bonchev–Trinajstić information content (AvgIpc) is 3.38. The predicted molar refractivity (Wildman–Crippen MR) is 105 cm³/mol. The normalized spacial score (nSPS) is 15.3. The molecule has 2 N–H and O–H groups in total. The second kappa shape index (κ2) is 10.1. The molecule has 1 saturated heterocycles. The molecule has 1 fully saturated rings. The number of thiophene rings is 1. The first-order chi connectivity index (χ1) is 12.3. The van der Waals surface area contributed by atoms with Crippen molar-refractivity contribution in [2.75, 3.05) is 26.2 Å². The molecule has 0 atom stereocenters. The molecule has 148 valence electrons. The van der Waals surface area contributed by atoms with Gasteiger partial charge in [0.2, 0.25) is 17.6 Å². The fourth-order valence-electron chi connectivity index (χ4n) is 2.76. The van der Waals surface area contributed by atoms with Gasteiger partial charge in [-0.15, -0.1) is 36.2 Å². The van der Waals surface area contributed by atoms with E-state index in [1.807, 2.05) is 17.5 Å². The molecule has 1 aliphatic rings. The van der Waals surface area contributed by atoms with E-state index in [1.54, 1.807) is 11.3 Å². The van der Waals surface area contributed by atoms with Gasteiger partial charge in [0.25, 0.3) is 0 Å². The van der Waals surface area contributed by atoms with Gasteiger partial charge in [-0.3, -0.25) is 9.80 Å². The maximum absolute atomic E-state index is 5.48. The maximum Gasteiger partial charge on any atom is 0.241 e. The second-order valence-corrected chi connectivity index (χ2v) is 6.80. The second-order valence-electron chi connectivity index (χ2n) is 5.85. The van der Waals surface area contributed by atoms with Crippen LogP contribution >= 0.6 is 36.2 Å². The smallest absolute Gasteiger partial charge is 0.241 e. The van der Waals surface area contributed by atoms with Crippen molar-refractivity contribution in [2.45, 2.75) is 19.6 Å². The Labute approximate surface area is 172 Å². The van der Waals surface area contributed by atoms with E-state index >= 15 is 0 Å². The van der Waals surface area contributed by atoms with Gasteiger partial charge in [-0.05, 0) is 11.4 Å². The molecular formula is C15H21Cl2N7O2S. The molecule has 1 aliphatic heterocycles. The third-order valence-corrected chi connectivity index (χ3v) is 4.95. The summed E-state index contributed by atoms with van der Waals surface area (Å²) in [4.78, 5) is 14.4. The minimum absolute atomic E-state index is 0. The van der Waals surface area contributed by atoms with Crippen LogP contribution in [0.3, 0.4) is 0 Å². The molecule has 27 heavy (non-hydrogen) atoms. The highest BCUT2D eigenvalue weighted by Crippen LogP contribution is 2.21. The molecule has 0 bridgehead atoms. The number of aromatic nitrogens is 4. The zero-order chi connectivity index (χ0) is 17.1. The van der Waals surface area contributed by atoms with Gasteiger partial charge in [0.15, 0.2) is 5.82 Å². The van der Waals surface area contributed by atoms with Crippen molar-refractivity contribution in [1.82, 2.24) is 30.1 Å². The van der Waals surface area contributed by atoms with Gasteiger partial charge in [0.1, 0.15) is 0 Å². The summed E-state index contributed by atoms with van der Waals surface area (Å²) in [5.74, 6) is 2.48. The van der Waals surface area contributed by atoms with Crippen LogP contribution in [0.5, 0.6) is 0 Å². The van der Waals surface area contributed by atoms with Crippen LogP contribution < -0.4 is 5.73 Å². The molecule has 4 rings (SSSR count). The van der Waals surface area contributed by atoms with E-state index < -0.39 is 0 Å². The van der Waals surface area contributed by atoms with Crippen molar-refractivity contribution >= 4 is 36.2 Å². The van der Waals surface area contributed by atoms with E-state index in [9.17, 15) is 0 Å². The molecule has 0 aromatic carbocycles. The molecule has 0 aliphatic carbocycles. The molecule has 0 radical (unpaired) electrons. The van der Waals surface area contributed by atoms with Crippen LogP contribution in [0.25, 0.3) is 10.7 Å². The third-order valence-electron chi connectivity index (χ3n) is 4.08. The Kier molecular flexibility index (Phi) is 8.14. The molecule has 4 heterocycles. The summed E-state index contributed by atoms with van der Waals surface area (Å²) in [6.45, 7) is 5.35. The lowest BCUT2D eigenvalue weighted by atomic mass is 10.3. The first-order valence-corrected chi connectivity index (χ1v) is 9.01. The highest BCUT2D eigenvalue weighted by atomic mass is 35.5. The van der Waals surface area contributed by atoms with E-state index in [4.69, 9.17) is 14.8 Å². The third kappa shape index (κ3) is 5.47. The van der Waals surface area contributed by atoms with Crippen LogP contribution in [0.15, 0.2) is 26.6 Å². The lowest BCUT2D eigenvalue weighted by Gasteiger charge is -2.33.